The Morgan fingerprint density at radius 1 is 1.10 bits per heavy atom. The molecule has 1 aromatic heterocycles. The third kappa shape index (κ3) is 4.71. The fourth-order valence-electron chi connectivity index (χ4n) is 3.14. The highest BCUT2D eigenvalue weighted by atomic mass is 79.9. The van der Waals surface area contributed by atoms with Crippen LogP contribution in [0.4, 0.5) is 11.5 Å². The molecule has 0 radical (unpaired) electrons. The summed E-state index contributed by atoms with van der Waals surface area (Å²) in [7, 11) is 0. The van der Waals surface area contributed by atoms with Crippen molar-refractivity contribution in [3.05, 3.63) is 91.0 Å². The summed E-state index contributed by atoms with van der Waals surface area (Å²) in [5, 5.41) is 0. The van der Waals surface area contributed by atoms with Gasteiger partial charge in [0.2, 0.25) is 0 Å². The maximum Gasteiger partial charge on any atom is 0.330 e. The van der Waals surface area contributed by atoms with E-state index in [9.17, 15) is 14.4 Å². The number of nitrogens with one attached hydrogen (secondary N) is 1. The number of carbonyl (C=O) groups is 1. The third-order valence-corrected chi connectivity index (χ3v) is 5.27. The summed E-state index contributed by atoms with van der Waals surface area (Å²) in [6.45, 7) is 2.48. The summed E-state index contributed by atoms with van der Waals surface area (Å²) in [4.78, 5) is 42.1. The molecule has 0 bridgehead atoms. The number of carbonyl (C=O) groups excluding carboxylic acids is 1. The van der Waals surface area contributed by atoms with Gasteiger partial charge in [-0.1, -0.05) is 59.6 Å². The standard InChI is InChI=1S/C22H23BrN4O3/c1-2-3-13-26(21(29)16-9-11-17(23)12-10-16)18-19(24)27(22(30)25-20(18)28)14-15-7-5-4-6-8-15/h4-12H,2-3,13-14,24H2,1H3,(H,25,28,30). The van der Waals surface area contributed by atoms with Gasteiger partial charge in [-0.15, -0.1) is 0 Å². The molecule has 0 aliphatic carbocycles. The van der Waals surface area contributed by atoms with Crippen LogP contribution in [0, 0.1) is 0 Å². The molecule has 0 unspecified atom stereocenters. The lowest BCUT2D eigenvalue weighted by atomic mass is 10.1. The van der Waals surface area contributed by atoms with Gasteiger partial charge in [-0.3, -0.25) is 19.1 Å². The molecule has 0 aliphatic heterocycles. The Hall–Kier alpha value is -3.13. The van der Waals surface area contributed by atoms with E-state index in [0.29, 0.717) is 18.5 Å². The molecule has 156 valence electrons. The SMILES string of the molecule is CCCCN(C(=O)c1ccc(Br)cc1)c1c(N)n(Cc2ccccc2)c(=O)[nH]c1=O. The highest BCUT2D eigenvalue weighted by molar-refractivity contribution is 9.10. The third-order valence-electron chi connectivity index (χ3n) is 4.74. The van der Waals surface area contributed by atoms with Crippen molar-refractivity contribution in [1.29, 1.82) is 0 Å². The summed E-state index contributed by atoms with van der Waals surface area (Å²) in [6, 6.07) is 16.2. The fourth-order valence-corrected chi connectivity index (χ4v) is 3.40. The van der Waals surface area contributed by atoms with Crippen LogP contribution in [0.15, 0.2) is 68.7 Å². The first-order chi connectivity index (χ1) is 14.4. The Morgan fingerprint density at radius 3 is 2.40 bits per heavy atom. The molecular weight excluding hydrogens is 448 g/mol. The quantitative estimate of drug-likeness (QED) is 0.552. The number of nitrogens with zero attached hydrogens (tertiary/aromatic N) is 2. The highest BCUT2D eigenvalue weighted by Crippen LogP contribution is 2.22. The number of aromatic amines is 1. The zero-order valence-corrected chi connectivity index (χ0v) is 18.2. The lowest BCUT2D eigenvalue weighted by Crippen LogP contribution is -2.41. The largest absolute Gasteiger partial charge is 0.383 e. The van der Waals surface area contributed by atoms with Crippen molar-refractivity contribution >= 4 is 33.3 Å². The van der Waals surface area contributed by atoms with Gasteiger partial charge in [-0.2, -0.15) is 0 Å². The van der Waals surface area contributed by atoms with Gasteiger partial charge < -0.3 is 10.6 Å². The minimum Gasteiger partial charge on any atom is -0.383 e. The van der Waals surface area contributed by atoms with E-state index in [1.807, 2.05) is 37.3 Å². The maximum absolute atomic E-state index is 13.2. The Bertz CT molecular complexity index is 1140. The molecule has 0 saturated heterocycles. The van der Waals surface area contributed by atoms with Gasteiger partial charge in [0, 0.05) is 16.6 Å². The van der Waals surface area contributed by atoms with Gasteiger partial charge >= 0.3 is 5.69 Å². The molecule has 2 aromatic carbocycles. The van der Waals surface area contributed by atoms with E-state index in [-0.39, 0.29) is 24.0 Å². The maximum atomic E-state index is 13.2. The normalized spacial score (nSPS) is 10.7. The lowest BCUT2D eigenvalue weighted by Gasteiger charge is -2.24. The van der Waals surface area contributed by atoms with E-state index in [1.54, 1.807) is 24.3 Å². The van der Waals surface area contributed by atoms with E-state index in [2.05, 4.69) is 20.9 Å². The fraction of sp³-hybridized carbons (Fsp3) is 0.227. The molecule has 0 aliphatic rings. The van der Waals surface area contributed by atoms with E-state index in [4.69, 9.17) is 5.73 Å². The Balaban J connectivity index is 2.09. The van der Waals surface area contributed by atoms with E-state index in [1.165, 1.54) is 9.47 Å². The Labute approximate surface area is 182 Å². The van der Waals surface area contributed by atoms with E-state index in [0.717, 1.165) is 16.5 Å². The van der Waals surface area contributed by atoms with Crippen LogP contribution >= 0.6 is 15.9 Å². The topological polar surface area (TPSA) is 101 Å². The molecular formula is C22H23BrN4O3. The van der Waals surface area contributed by atoms with Crippen molar-refractivity contribution in [3.8, 4) is 0 Å². The number of unbranched alkanes of at least 4 members (excludes halogenated alkanes) is 1. The molecule has 3 aromatic rings. The van der Waals surface area contributed by atoms with Crippen LogP contribution in [0.5, 0.6) is 0 Å². The molecule has 0 saturated carbocycles. The second-order valence-electron chi connectivity index (χ2n) is 6.88. The minimum absolute atomic E-state index is 0.00750. The average Bonchev–Trinajstić information content (AvgIpc) is 2.74. The number of nitrogens with two attached hydrogens (primary N) is 1. The molecule has 3 rings (SSSR count). The number of halogens is 1. The first kappa shape index (κ1) is 21.6. The van der Waals surface area contributed by atoms with Crippen molar-refractivity contribution in [2.45, 2.75) is 26.3 Å². The predicted octanol–water partition coefficient (Wildman–Crippen LogP) is 3.38. The molecule has 3 N–H and O–H groups in total. The second-order valence-corrected chi connectivity index (χ2v) is 7.80. The predicted molar refractivity (Wildman–Crippen MR) is 122 cm³/mol. The molecule has 7 nitrogen and oxygen atoms in total. The molecule has 0 spiro atoms. The van der Waals surface area contributed by atoms with Gasteiger partial charge in [-0.25, -0.2) is 4.79 Å². The summed E-state index contributed by atoms with van der Waals surface area (Å²) < 4.78 is 2.12. The van der Waals surface area contributed by atoms with Gasteiger partial charge in [0.25, 0.3) is 11.5 Å². The number of benzene rings is 2. The van der Waals surface area contributed by atoms with E-state index >= 15 is 0 Å². The van der Waals surface area contributed by atoms with Gasteiger partial charge in [0.1, 0.15) is 5.82 Å². The Kier molecular flexibility index (Phi) is 6.89. The van der Waals surface area contributed by atoms with Gasteiger partial charge in [0.15, 0.2) is 5.69 Å². The zero-order valence-electron chi connectivity index (χ0n) is 16.6. The van der Waals surface area contributed by atoms with Crippen LogP contribution in [-0.4, -0.2) is 22.0 Å². The van der Waals surface area contributed by atoms with Crippen LogP contribution in [0.1, 0.15) is 35.7 Å². The first-order valence-corrected chi connectivity index (χ1v) is 10.5. The van der Waals surface area contributed by atoms with Crippen LogP contribution in [0.3, 0.4) is 0 Å². The summed E-state index contributed by atoms with van der Waals surface area (Å²) in [5.74, 6) is -0.382. The molecule has 8 heteroatoms. The van der Waals surface area contributed by atoms with Crippen LogP contribution in [0.2, 0.25) is 0 Å². The zero-order chi connectivity index (χ0) is 21.7. The number of nitrogen functional groups attached to an aromatic ring is 1. The number of aromatic nitrogens is 2. The van der Waals surface area contributed by atoms with Crippen molar-refractivity contribution in [2.75, 3.05) is 17.2 Å². The second kappa shape index (κ2) is 9.58. The van der Waals surface area contributed by atoms with Gasteiger partial charge in [-0.05, 0) is 36.2 Å². The number of hydrogen-bond donors (Lipinski definition) is 2. The van der Waals surface area contributed by atoms with Crippen molar-refractivity contribution < 1.29 is 4.79 Å². The minimum atomic E-state index is -0.677. The molecule has 0 atom stereocenters. The number of H-pyrrole nitrogens is 1. The average molecular weight is 471 g/mol. The van der Waals surface area contributed by atoms with Crippen molar-refractivity contribution in [1.82, 2.24) is 9.55 Å². The van der Waals surface area contributed by atoms with Crippen LogP contribution < -0.4 is 21.9 Å². The van der Waals surface area contributed by atoms with Gasteiger partial charge in [0.05, 0.1) is 6.54 Å². The molecule has 1 heterocycles. The Morgan fingerprint density at radius 2 is 1.77 bits per heavy atom. The highest BCUT2D eigenvalue weighted by Gasteiger charge is 2.25. The molecule has 0 fully saturated rings. The number of anilines is 2. The smallest absolute Gasteiger partial charge is 0.330 e. The van der Waals surface area contributed by atoms with E-state index < -0.39 is 11.2 Å². The summed E-state index contributed by atoms with van der Waals surface area (Å²) >= 11 is 3.35. The first-order valence-electron chi connectivity index (χ1n) is 9.66. The summed E-state index contributed by atoms with van der Waals surface area (Å²) in [6.07, 6.45) is 1.50. The van der Waals surface area contributed by atoms with Crippen molar-refractivity contribution in [2.24, 2.45) is 0 Å². The lowest BCUT2D eigenvalue weighted by molar-refractivity contribution is 0.0986. The number of rotatable bonds is 7. The summed E-state index contributed by atoms with van der Waals surface area (Å²) in [5.41, 5.74) is 6.26. The molecule has 1 amide bonds. The van der Waals surface area contributed by atoms with Crippen molar-refractivity contribution in [3.63, 3.8) is 0 Å². The molecule has 30 heavy (non-hydrogen) atoms. The number of hydrogen-bond acceptors (Lipinski definition) is 4. The monoisotopic (exact) mass is 470 g/mol. The van der Waals surface area contributed by atoms with Crippen LogP contribution in [0.25, 0.3) is 0 Å². The van der Waals surface area contributed by atoms with Crippen LogP contribution in [-0.2, 0) is 6.54 Å². The number of amides is 1.